The van der Waals surface area contributed by atoms with Crippen LogP contribution in [0.25, 0.3) is 11.1 Å². The molecule has 0 aliphatic heterocycles. The Morgan fingerprint density at radius 1 is 1.00 bits per heavy atom. The molecule has 8 nitrogen and oxygen atoms in total. The number of ether oxygens (including phenoxy) is 2. The number of phenols is 1. The van der Waals surface area contributed by atoms with Gasteiger partial charge >= 0.3 is 0 Å². The molecule has 0 saturated carbocycles. The molecule has 0 heterocycles. The predicted octanol–water partition coefficient (Wildman–Crippen LogP) is 5.17. The summed E-state index contributed by atoms with van der Waals surface area (Å²) >= 11 is 0. The monoisotopic (exact) mass is 523 g/mol. The number of carbonyl (C=O) groups excluding carboxylic acids is 1. The molecule has 0 saturated heterocycles. The average molecular weight is 524 g/mol. The van der Waals surface area contributed by atoms with Crippen molar-refractivity contribution < 1.29 is 24.5 Å². The van der Waals surface area contributed by atoms with Crippen LogP contribution in [-0.4, -0.2) is 36.8 Å². The van der Waals surface area contributed by atoms with Gasteiger partial charge in [0.05, 0.1) is 30.5 Å². The summed E-state index contributed by atoms with van der Waals surface area (Å²) in [4.78, 5) is 10.7. The van der Waals surface area contributed by atoms with Crippen molar-refractivity contribution in [2.24, 2.45) is 0 Å². The van der Waals surface area contributed by atoms with E-state index in [4.69, 9.17) is 9.47 Å². The van der Waals surface area contributed by atoms with Crippen LogP contribution >= 0.6 is 0 Å². The van der Waals surface area contributed by atoms with Gasteiger partial charge < -0.3 is 30.3 Å². The first-order valence-electron chi connectivity index (χ1n) is 12.4. The fraction of sp³-hybridized carbons (Fsp3) is 0.161. The van der Waals surface area contributed by atoms with Crippen molar-refractivity contribution in [1.29, 1.82) is 5.26 Å². The summed E-state index contributed by atoms with van der Waals surface area (Å²) in [5, 5.41) is 35.1. The predicted molar refractivity (Wildman–Crippen MR) is 149 cm³/mol. The molecule has 1 unspecified atom stereocenters. The second kappa shape index (κ2) is 13.1. The number of hydrogen-bond acceptors (Lipinski definition) is 7. The highest BCUT2D eigenvalue weighted by Crippen LogP contribution is 2.35. The molecule has 1 amide bonds. The maximum atomic E-state index is 10.7. The average Bonchev–Trinajstić information content (AvgIpc) is 2.97. The molecule has 39 heavy (non-hydrogen) atoms. The normalized spacial score (nSPS) is 11.3. The number of nitriles is 1. The van der Waals surface area contributed by atoms with Crippen LogP contribution in [0.2, 0.25) is 0 Å². The fourth-order valence-electron chi connectivity index (χ4n) is 4.12. The lowest BCUT2D eigenvalue weighted by Crippen LogP contribution is -2.23. The van der Waals surface area contributed by atoms with Crippen LogP contribution in [0.1, 0.15) is 22.8 Å². The van der Waals surface area contributed by atoms with Gasteiger partial charge in [-0.25, -0.2) is 0 Å². The van der Waals surface area contributed by atoms with Crippen molar-refractivity contribution in [1.82, 2.24) is 5.32 Å². The van der Waals surface area contributed by atoms with E-state index in [0.29, 0.717) is 47.9 Å². The lowest BCUT2D eigenvalue weighted by molar-refractivity contribution is -0.105. The topological polar surface area (TPSA) is 124 Å². The highest BCUT2D eigenvalue weighted by Gasteiger charge is 2.11. The third-order valence-corrected chi connectivity index (χ3v) is 6.18. The molecule has 0 fully saturated rings. The third kappa shape index (κ3) is 7.14. The number of carbonyl (C=O) groups is 1. The zero-order valence-corrected chi connectivity index (χ0v) is 21.4. The molecule has 4 aromatic carbocycles. The minimum absolute atomic E-state index is 0.0590. The number of nitrogens with one attached hydrogen (secondary N) is 2. The maximum absolute atomic E-state index is 10.7. The summed E-state index contributed by atoms with van der Waals surface area (Å²) in [5.41, 5.74) is 4.22. The van der Waals surface area contributed by atoms with E-state index in [1.807, 2.05) is 60.7 Å². The Morgan fingerprint density at radius 2 is 1.79 bits per heavy atom. The zero-order valence-electron chi connectivity index (χ0n) is 21.4. The number of aliphatic hydroxyl groups is 1. The molecule has 1 atom stereocenters. The number of benzene rings is 4. The molecule has 198 valence electrons. The summed E-state index contributed by atoms with van der Waals surface area (Å²) in [5.74, 6) is 1.97. The Hall–Kier alpha value is -4.84. The summed E-state index contributed by atoms with van der Waals surface area (Å²) in [6.07, 6.45) is 0.443. The van der Waals surface area contributed by atoms with Gasteiger partial charge in [-0.2, -0.15) is 5.26 Å². The number of aliphatic hydroxyl groups excluding tert-OH is 1. The number of nitrogens with zero attached hydrogens (tertiary/aromatic N) is 1. The van der Waals surface area contributed by atoms with E-state index >= 15 is 0 Å². The SMILES string of the molecule is COc1ccc(Oc2ccc(CCNCC(O)c3ccc(O)c(NC=O)c3)cc2)cc1-c1cccc(C#N)c1. The number of methoxy groups -OCH3 is 1. The lowest BCUT2D eigenvalue weighted by atomic mass is 10.0. The van der Waals surface area contributed by atoms with Crippen molar-refractivity contribution in [3.63, 3.8) is 0 Å². The number of aromatic hydroxyl groups is 1. The number of hydrogen-bond donors (Lipinski definition) is 4. The lowest BCUT2D eigenvalue weighted by Gasteiger charge is -2.14. The molecule has 0 aliphatic rings. The van der Waals surface area contributed by atoms with Crippen LogP contribution in [-0.2, 0) is 11.2 Å². The molecule has 8 heteroatoms. The van der Waals surface area contributed by atoms with E-state index in [1.165, 1.54) is 6.07 Å². The Morgan fingerprint density at radius 3 is 2.54 bits per heavy atom. The molecule has 0 aliphatic carbocycles. The summed E-state index contributed by atoms with van der Waals surface area (Å²) in [6, 6.07) is 27.5. The highest BCUT2D eigenvalue weighted by molar-refractivity contribution is 5.75. The summed E-state index contributed by atoms with van der Waals surface area (Å²) < 4.78 is 11.6. The van der Waals surface area contributed by atoms with Crippen molar-refractivity contribution in [2.75, 3.05) is 25.5 Å². The van der Waals surface area contributed by atoms with Crippen LogP contribution < -0.4 is 20.1 Å². The van der Waals surface area contributed by atoms with Gasteiger partial charge in [0.1, 0.15) is 23.0 Å². The smallest absolute Gasteiger partial charge is 0.211 e. The van der Waals surface area contributed by atoms with Crippen LogP contribution in [0, 0.1) is 11.3 Å². The van der Waals surface area contributed by atoms with Gasteiger partial charge in [-0.3, -0.25) is 4.79 Å². The molecule has 4 aromatic rings. The highest BCUT2D eigenvalue weighted by atomic mass is 16.5. The Bertz CT molecular complexity index is 1460. The van der Waals surface area contributed by atoms with E-state index in [1.54, 1.807) is 25.3 Å². The number of anilines is 1. The van der Waals surface area contributed by atoms with E-state index in [0.717, 1.165) is 23.1 Å². The number of amides is 1. The van der Waals surface area contributed by atoms with Crippen molar-refractivity contribution in [3.05, 3.63) is 102 Å². The maximum Gasteiger partial charge on any atom is 0.211 e. The van der Waals surface area contributed by atoms with Gasteiger partial charge in [0, 0.05) is 12.1 Å². The minimum Gasteiger partial charge on any atom is -0.506 e. The molecule has 0 bridgehead atoms. The van der Waals surface area contributed by atoms with Gasteiger partial charge in [0.15, 0.2) is 0 Å². The first kappa shape index (κ1) is 27.2. The van der Waals surface area contributed by atoms with Crippen molar-refractivity contribution >= 4 is 12.1 Å². The molecule has 0 aromatic heterocycles. The van der Waals surface area contributed by atoms with E-state index in [2.05, 4.69) is 16.7 Å². The molecular formula is C31H29N3O5. The molecule has 0 radical (unpaired) electrons. The quantitative estimate of drug-likeness (QED) is 0.115. The van der Waals surface area contributed by atoms with E-state index < -0.39 is 6.10 Å². The Kier molecular flexibility index (Phi) is 9.14. The number of phenolic OH excluding ortho intramolecular Hbond substituents is 1. The summed E-state index contributed by atoms with van der Waals surface area (Å²) in [7, 11) is 1.61. The second-order valence-electron chi connectivity index (χ2n) is 8.81. The third-order valence-electron chi connectivity index (χ3n) is 6.18. The van der Waals surface area contributed by atoms with E-state index in [-0.39, 0.29) is 11.4 Å². The molecular weight excluding hydrogens is 494 g/mol. The van der Waals surface area contributed by atoms with Crippen LogP contribution in [0.5, 0.6) is 23.0 Å². The largest absolute Gasteiger partial charge is 0.506 e. The van der Waals surface area contributed by atoms with Gasteiger partial charge in [0.25, 0.3) is 0 Å². The van der Waals surface area contributed by atoms with Gasteiger partial charge in [-0.05, 0) is 84.3 Å². The molecule has 4 N–H and O–H groups in total. The fourth-order valence-corrected chi connectivity index (χ4v) is 4.12. The Labute approximate surface area is 227 Å². The van der Waals surface area contributed by atoms with Crippen LogP contribution in [0.15, 0.2) is 84.9 Å². The van der Waals surface area contributed by atoms with Crippen molar-refractivity contribution in [3.8, 4) is 40.2 Å². The first-order chi connectivity index (χ1) is 19.0. The zero-order chi connectivity index (χ0) is 27.6. The van der Waals surface area contributed by atoms with Gasteiger partial charge in [0.2, 0.25) is 6.41 Å². The van der Waals surface area contributed by atoms with Crippen LogP contribution in [0.3, 0.4) is 0 Å². The molecule has 0 spiro atoms. The standard InChI is InChI=1S/C31H29N3O5/c1-38-31-12-10-26(17-27(31)23-4-2-3-22(15-23)18-32)39-25-8-5-21(6-9-25)13-14-33-19-30(37)24-7-11-29(36)28(16-24)34-20-35/h2-12,15-17,20,30,33,36-37H,13-14,19H2,1H3,(H,34,35). The first-order valence-corrected chi connectivity index (χ1v) is 12.4. The van der Waals surface area contributed by atoms with Gasteiger partial charge in [-0.15, -0.1) is 0 Å². The van der Waals surface area contributed by atoms with E-state index in [9.17, 15) is 20.3 Å². The van der Waals surface area contributed by atoms with Crippen molar-refractivity contribution in [2.45, 2.75) is 12.5 Å². The van der Waals surface area contributed by atoms with Gasteiger partial charge in [-0.1, -0.05) is 30.3 Å². The minimum atomic E-state index is -0.787. The van der Waals surface area contributed by atoms with Crippen LogP contribution in [0.4, 0.5) is 5.69 Å². The molecule has 4 rings (SSSR count). The number of rotatable bonds is 12. The Balaban J connectivity index is 1.32. The summed E-state index contributed by atoms with van der Waals surface area (Å²) in [6.45, 7) is 0.974. The second-order valence-corrected chi connectivity index (χ2v) is 8.81.